The minimum atomic E-state index is -4.63. The van der Waals surface area contributed by atoms with E-state index in [-0.39, 0.29) is 48.9 Å². The molecule has 2 N–H and O–H groups in total. The fourth-order valence-electron chi connectivity index (χ4n) is 8.82. The van der Waals surface area contributed by atoms with Crippen LogP contribution in [0.15, 0.2) is 103 Å². The minimum absolute atomic E-state index is 0.0187. The minimum Gasteiger partial charge on any atom is -0.493 e. The Bertz CT molecular complexity index is 2100. The summed E-state index contributed by atoms with van der Waals surface area (Å²) in [6, 6.07) is 24.9. The van der Waals surface area contributed by atoms with Gasteiger partial charge in [0.2, 0.25) is 5.91 Å². The molecule has 7 nitrogen and oxygen atoms in total. The number of ketones is 1. The van der Waals surface area contributed by atoms with E-state index in [1.165, 1.54) is 19.2 Å². The molecule has 2 bridgehead atoms. The fraction of sp³-hybridized carbons (Fsp3) is 0.404. The predicted molar refractivity (Wildman–Crippen MR) is 213 cm³/mol. The SMILES string of the molecule is COc1ccc(CC(=O)N(Cc2ccccc2)C[C@]2(O)CC[C@H]3c4ccc(cc4C(=O)c4cccc(C(F)(F)F)c4)C[C@@H](O)CCC(C)=CCC[C@@]32C)cc1OC. The number of halogens is 3. The quantitative estimate of drug-likeness (QED) is 0.123. The first-order valence-electron chi connectivity index (χ1n) is 19.6. The van der Waals surface area contributed by atoms with E-state index in [2.05, 4.69) is 6.08 Å². The van der Waals surface area contributed by atoms with Crippen molar-refractivity contribution < 1.29 is 42.4 Å². The number of carbonyl (C=O) groups excluding carboxylic acids is 2. The Morgan fingerprint density at radius 3 is 2.35 bits per heavy atom. The average Bonchev–Trinajstić information content (AvgIpc) is 3.44. The number of allylic oxidation sites excluding steroid dienone is 2. The monoisotopic (exact) mass is 783 g/mol. The summed E-state index contributed by atoms with van der Waals surface area (Å²) >= 11 is 0. The van der Waals surface area contributed by atoms with Crippen LogP contribution in [0.25, 0.3) is 0 Å². The number of benzene rings is 4. The molecule has 0 saturated heterocycles. The predicted octanol–water partition coefficient (Wildman–Crippen LogP) is 9.26. The van der Waals surface area contributed by atoms with Gasteiger partial charge in [-0.3, -0.25) is 9.59 Å². The van der Waals surface area contributed by atoms with Gasteiger partial charge in [-0.2, -0.15) is 13.2 Å². The first-order valence-corrected chi connectivity index (χ1v) is 19.6. The third kappa shape index (κ3) is 9.29. The van der Waals surface area contributed by atoms with Gasteiger partial charge >= 0.3 is 6.18 Å². The molecule has 57 heavy (non-hydrogen) atoms. The second kappa shape index (κ2) is 17.3. The van der Waals surface area contributed by atoms with Gasteiger partial charge in [0.15, 0.2) is 17.3 Å². The Hall–Kier alpha value is -4.93. The fourth-order valence-corrected chi connectivity index (χ4v) is 8.82. The highest BCUT2D eigenvalue weighted by molar-refractivity contribution is 6.10. The molecule has 0 unspecified atom stereocenters. The van der Waals surface area contributed by atoms with Gasteiger partial charge in [-0.05, 0) is 110 Å². The summed E-state index contributed by atoms with van der Waals surface area (Å²) in [5, 5.41) is 24.1. The summed E-state index contributed by atoms with van der Waals surface area (Å²) in [5.41, 5.74) is 1.04. The topological polar surface area (TPSA) is 96.3 Å². The molecule has 0 radical (unpaired) electrons. The zero-order valence-corrected chi connectivity index (χ0v) is 33.1. The zero-order chi connectivity index (χ0) is 41.0. The standard InChI is InChI=1S/C47H52F3NO6/c1-31-10-9-22-45(2)40(38-19-16-33(24-37(52)18-15-31)25-39(38)44(54)35-13-8-14-36(28-35)47(48,49)50)21-23-46(45,55)30-51(29-32-11-6-5-7-12-32)43(53)27-34-17-20-41(56-3)42(26-34)57-4/h5-8,10-14,16-17,19-20,25-26,28,37,40,52,55H,9,15,18,21-24,27,29-30H2,1-4H3/t37-,40-,45-,46+/m0/s1. The Balaban J connectivity index is 1.42. The van der Waals surface area contributed by atoms with E-state index in [1.54, 1.807) is 30.2 Å². The third-order valence-corrected chi connectivity index (χ3v) is 12.2. The highest BCUT2D eigenvalue weighted by atomic mass is 19.4. The van der Waals surface area contributed by atoms with Crippen molar-refractivity contribution in [3.63, 3.8) is 0 Å². The van der Waals surface area contributed by atoms with Crippen LogP contribution in [-0.2, 0) is 30.4 Å². The second-order valence-electron chi connectivity index (χ2n) is 16.0. The summed E-state index contributed by atoms with van der Waals surface area (Å²) in [6.07, 6.45) is 0.234. The van der Waals surface area contributed by atoms with Gasteiger partial charge in [0.25, 0.3) is 0 Å². The Kier molecular flexibility index (Phi) is 12.6. The number of rotatable bonds is 10. The molecule has 0 aliphatic heterocycles. The van der Waals surface area contributed by atoms with Crippen molar-refractivity contribution in [2.45, 2.75) is 95.6 Å². The average molecular weight is 784 g/mol. The van der Waals surface area contributed by atoms with Gasteiger partial charge in [-0.25, -0.2) is 0 Å². The summed E-state index contributed by atoms with van der Waals surface area (Å²) in [7, 11) is 3.09. The second-order valence-corrected chi connectivity index (χ2v) is 16.0. The molecular weight excluding hydrogens is 732 g/mol. The molecule has 1 saturated carbocycles. The third-order valence-electron chi connectivity index (χ3n) is 12.2. The normalized spacial score (nSPS) is 22.6. The van der Waals surface area contributed by atoms with Crippen molar-refractivity contribution >= 4 is 11.7 Å². The molecule has 10 heteroatoms. The molecule has 302 valence electrons. The highest BCUT2D eigenvalue weighted by Gasteiger charge is 2.57. The molecule has 4 atom stereocenters. The van der Waals surface area contributed by atoms with Gasteiger partial charge in [0, 0.05) is 23.1 Å². The molecular formula is C47H52F3NO6. The number of hydrogen-bond acceptors (Lipinski definition) is 6. The van der Waals surface area contributed by atoms with E-state index in [9.17, 15) is 33.0 Å². The van der Waals surface area contributed by atoms with Crippen LogP contribution in [0, 0.1) is 5.41 Å². The van der Waals surface area contributed by atoms with Gasteiger partial charge in [0.05, 0.1) is 44.5 Å². The number of aliphatic hydroxyl groups excluding tert-OH is 1. The van der Waals surface area contributed by atoms with Gasteiger partial charge in [-0.1, -0.05) is 79.2 Å². The van der Waals surface area contributed by atoms with Crippen LogP contribution in [-0.4, -0.2) is 59.3 Å². The number of methoxy groups -OCH3 is 2. The lowest BCUT2D eigenvalue weighted by Gasteiger charge is -2.46. The highest BCUT2D eigenvalue weighted by Crippen LogP contribution is 2.59. The summed E-state index contributed by atoms with van der Waals surface area (Å²) < 4.78 is 52.4. The summed E-state index contributed by atoms with van der Waals surface area (Å²) in [5.74, 6) is -0.0821. The molecule has 3 aliphatic rings. The van der Waals surface area contributed by atoms with E-state index >= 15 is 0 Å². The molecule has 4 aromatic carbocycles. The van der Waals surface area contributed by atoms with Crippen molar-refractivity contribution in [3.05, 3.63) is 142 Å². The number of amides is 1. The van der Waals surface area contributed by atoms with Crippen molar-refractivity contribution in [1.29, 1.82) is 0 Å². The van der Waals surface area contributed by atoms with E-state index in [4.69, 9.17) is 9.47 Å². The van der Waals surface area contributed by atoms with Gasteiger partial charge in [0.1, 0.15) is 0 Å². The number of aliphatic hydroxyl groups is 2. The number of hydrogen-bond donors (Lipinski definition) is 2. The van der Waals surface area contributed by atoms with E-state index in [0.717, 1.165) is 28.8 Å². The van der Waals surface area contributed by atoms with E-state index < -0.39 is 34.6 Å². The van der Waals surface area contributed by atoms with Crippen LogP contribution in [0.4, 0.5) is 13.2 Å². The summed E-state index contributed by atoms with van der Waals surface area (Å²) in [4.78, 5) is 30.5. The number of alkyl halides is 3. The van der Waals surface area contributed by atoms with Crippen LogP contribution in [0.1, 0.15) is 102 Å². The van der Waals surface area contributed by atoms with Gasteiger partial charge < -0.3 is 24.6 Å². The summed E-state index contributed by atoms with van der Waals surface area (Å²) in [6.45, 7) is 4.33. The van der Waals surface area contributed by atoms with Crippen molar-refractivity contribution in [1.82, 2.24) is 4.90 Å². The maximum Gasteiger partial charge on any atom is 0.416 e. The van der Waals surface area contributed by atoms with Gasteiger partial charge in [-0.15, -0.1) is 0 Å². The molecule has 1 fully saturated rings. The maximum atomic E-state index is 14.4. The zero-order valence-electron chi connectivity index (χ0n) is 33.1. The molecule has 7 rings (SSSR count). The van der Waals surface area contributed by atoms with E-state index in [1.807, 2.05) is 62.4 Å². The number of carbonyl (C=O) groups is 2. The lowest BCUT2D eigenvalue weighted by molar-refractivity contribution is -0.140. The van der Waals surface area contributed by atoms with Crippen LogP contribution >= 0.6 is 0 Å². The van der Waals surface area contributed by atoms with Crippen LogP contribution < -0.4 is 9.47 Å². The molecule has 3 aliphatic carbocycles. The molecule has 0 heterocycles. The smallest absolute Gasteiger partial charge is 0.416 e. The lowest BCUT2D eigenvalue weighted by Crippen LogP contribution is -2.53. The lowest BCUT2D eigenvalue weighted by atomic mass is 9.64. The number of nitrogens with zero attached hydrogens (tertiary/aromatic N) is 1. The maximum absolute atomic E-state index is 14.4. The Morgan fingerprint density at radius 1 is 0.877 bits per heavy atom. The molecule has 4 aromatic rings. The van der Waals surface area contributed by atoms with Crippen molar-refractivity contribution in [3.8, 4) is 11.5 Å². The first-order chi connectivity index (χ1) is 27.1. The Morgan fingerprint density at radius 2 is 1.63 bits per heavy atom. The molecule has 1 amide bonds. The van der Waals surface area contributed by atoms with Crippen LogP contribution in [0.3, 0.4) is 0 Å². The van der Waals surface area contributed by atoms with Crippen molar-refractivity contribution in [2.24, 2.45) is 5.41 Å². The van der Waals surface area contributed by atoms with Crippen LogP contribution in [0.2, 0.25) is 0 Å². The van der Waals surface area contributed by atoms with Crippen LogP contribution in [0.5, 0.6) is 11.5 Å². The van der Waals surface area contributed by atoms with Crippen molar-refractivity contribution in [2.75, 3.05) is 20.8 Å². The first kappa shape index (κ1) is 41.7. The number of ether oxygens (including phenoxy) is 2. The number of fused-ring (bicyclic) bond motifs is 8. The molecule has 0 aromatic heterocycles. The van der Waals surface area contributed by atoms with E-state index in [0.29, 0.717) is 61.2 Å². The molecule has 0 spiro atoms. The largest absolute Gasteiger partial charge is 0.493 e. The Labute approximate surface area is 333 Å².